The van der Waals surface area contributed by atoms with Crippen LogP contribution in [0.25, 0.3) is 11.6 Å². The van der Waals surface area contributed by atoms with Crippen molar-refractivity contribution in [3.63, 3.8) is 0 Å². The molecule has 0 N–H and O–H groups in total. The van der Waals surface area contributed by atoms with Gasteiger partial charge in [-0.15, -0.1) is 0 Å². The van der Waals surface area contributed by atoms with E-state index in [1.165, 1.54) is 26.6 Å². The van der Waals surface area contributed by atoms with E-state index in [0.29, 0.717) is 21.9 Å². The average molecular weight is 463 g/mol. The lowest BCUT2D eigenvalue weighted by atomic mass is 10.0. The molecule has 0 spiro atoms. The van der Waals surface area contributed by atoms with E-state index < -0.39 is 5.97 Å². The number of methoxy groups -OCH3 is 2. The Morgan fingerprint density at radius 2 is 1.55 bits per heavy atom. The van der Waals surface area contributed by atoms with Gasteiger partial charge in [0, 0.05) is 5.02 Å². The molecule has 168 valence electrons. The van der Waals surface area contributed by atoms with Crippen molar-refractivity contribution in [3.05, 3.63) is 112 Å². The van der Waals surface area contributed by atoms with Gasteiger partial charge in [-0.2, -0.15) is 0 Å². The maximum Gasteiger partial charge on any atom is 0.341 e. The van der Waals surface area contributed by atoms with Gasteiger partial charge in [-0.3, -0.25) is 4.79 Å². The first kappa shape index (κ1) is 23.8. The van der Waals surface area contributed by atoms with Crippen molar-refractivity contribution in [2.45, 2.75) is 6.61 Å². The monoisotopic (exact) mass is 462 g/mol. The summed E-state index contributed by atoms with van der Waals surface area (Å²) in [6.07, 6.45) is 4.56. The molecule has 0 unspecified atom stereocenters. The summed E-state index contributed by atoms with van der Waals surface area (Å²) in [6, 6.07) is 21.5. The average Bonchev–Trinajstić information content (AvgIpc) is 2.85. The predicted octanol–water partition coefficient (Wildman–Crippen LogP) is 5.98. The van der Waals surface area contributed by atoms with Gasteiger partial charge in [-0.25, -0.2) is 4.79 Å². The summed E-state index contributed by atoms with van der Waals surface area (Å²) in [4.78, 5) is 25.0. The lowest BCUT2D eigenvalue weighted by Crippen LogP contribution is -2.09. The number of ether oxygens (including phenoxy) is 3. The fraction of sp³-hybridized carbons (Fsp3) is 0.111. The minimum Gasteiger partial charge on any atom is -0.503 e. The van der Waals surface area contributed by atoms with E-state index in [4.69, 9.17) is 25.8 Å². The third-order valence-electron chi connectivity index (χ3n) is 4.78. The number of esters is 1. The van der Waals surface area contributed by atoms with Crippen LogP contribution in [0.15, 0.2) is 85.1 Å². The second-order valence-electron chi connectivity index (χ2n) is 6.95. The largest absolute Gasteiger partial charge is 0.503 e. The molecule has 0 saturated heterocycles. The number of hydrogen-bond donors (Lipinski definition) is 0. The molecular weight excluding hydrogens is 440 g/mol. The first-order valence-electron chi connectivity index (χ1n) is 10.1. The van der Waals surface area contributed by atoms with Gasteiger partial charge in [0.25, 0.3) is 0 Å². The van der Waals surface area contributed by atoms with E-state index in [1.807, 2.05) is 30.3 Å². The summed E-state index contributed by atoms with van der Waals surface area (Å²) >= 11 is 5.91. The van der Waals surface area contributed by atoms with Crippen molar-refractivity contribution in [2.75, 3.05) is 14.2 Å². The summed E-state index contributed by atoms with van der Waals surface area (Å²) in [5.41, 5.74) is 2.93. The van der Waals surface area contributed by atoms with Gasteiger partial charge in [0.05, 0.1) is 26.0 Å². The van der Waals surface area contributed by atoms with E-state index in [9.17, 15) is 9.59 Å². The van der Waals surface area contributed by atoms with E-state index in [0.717, 1.165) is 11.1 Å². The molecule has 0 aliphatic rings. The van der Waals surface area contributed by atoms with Crippen molar-refractivity contribution < 1.29 is 23.8 Å². The van der Waals surface area contributed by atoms with Crippen LogP contribution in [-0.4, -0.2) is 26.0 Å². The molecule has 3 aromatic carbocycles. The molecule has 0 atom stereocenters. The molecule has 0 amide bonds. The lowest BCUT2D eigenvalue weighted by Gasteiger charge is -2.14. The molecule has 0 aromatic heterocycles. The van der Waals surface area contributed by atoms with Crippen molar-refractivity contribution in [1.29, 1.82) is 0 Å². The Bertz CT molecular complexity index is 1180. The highest BCUT2D eigenvalue weighted by Crippen LogP contribution is 2.25. The Labute approximate surface area is 197 Å². The molecular formula is C27H23ClO5. The maximum atomic E-state index is 12.8. The predicted molar refractivity (Wildman–Crippen MR) is 129 cm³/mol. The molecule has 0 heterocycles. The molecule has 5 nitrogen and oxygen atoms in total. The zero-order valence-electron chi connectivity index (χ0n) is 18.3. The molecule has 6 heteroatoms. The van der Waals surface area contributed by atoms with E-state index in [2.05, 4.69) is 0 Å². The first-order valence-corrected chi connectivity index (χ1v) is 10.5. The van der Waals surface area contributed by atoms with Crippen LogP contribution in [0.2, 0.25) is 5.02 Å². The molecule has 33 heavy (non-hydrogen) atoms. The number of hydrogen-bond acceptors (Lipinski definition) is 5. The van der Waals surface area contributed by atoms with Crippen molar-refractivity contribution in [1.82, 2.24) is 0 Å². The van der Waals surface area contributed by atoms with Crippen LogP contribution in [-0.2, 0) is 20.9 Å². The number of halogens is 1. The van der Waals surface area contributed by atoms with Crippen LogP contribution in [0.5, 0.6) is 5.75 Å². The van der Waals surface area contributed by atoms with E-state index in [1.54, 1.807) is 48.5 Å². The fourth-order valence-corrected chi connectivity index (χ4v) is 3.27. The number of para-hydroxylation sites is 1. The second kappa shape index (κ2) is 11.7. The topological polar surface area (TPSA) is 61.8 Å². The van der Waals surface area contributed by atoms with Gasteiger partial charge in [-0.1, -0.05) is 66.2 Å². The maximum absolute atomic E-state index is 12.8. The Morgan fingerprint density at radius 3 is 2.24 bits per heavy atom. The standard InChI is InChI=1S/C27H23ClO5/c1-31-18-24(27(30)32-2)22-8-4-3-7-20(22)17-33-26-10-6-5-9-23(26)25(29)16-13-19-11-14-21(28)15-12-19/h3-16,18H,17H2,1-2H3/b16-13+,24-18+. The Kier molecular flexibility index (Phi) is 8.44. The Morgan fingerprint density at radius 1 is 0.879 bits per heavy atom. The van der Waals surface area contributed by atoms with Gasteiger partial charge < -0.3 is 14.2 Å². The van der Waals surface area contributed by atoms with Crippen LogP contribution < -0.4 is 4.74 Å². The van der Waals surface area contributed by atoms with E-state index in [-0.39, 0.29) is 18.0 Å². The number of rotatable bonds is 9. The minimum absolute atomic E-state index is 0.138. The molecule has 0 aliphatic carbocycles. The molecule has 0 saturated carbocycles. The fourth-order valence-electron chi connectivity index (χ4n) is 3.15. The Hall–Kier alpha value is -3.83. The summed E-state index contributed by atoms with van der Waals surface area (Å²) in [6.45, 7) is 0.138. The molecule has 3 aromatic rings. The Balaban J connectivity index is 1.81. The smallest absolute Gasteiger partial charge is 0.341 e. The van der Waals surface area contributed by atoms with Gasteiger partial charge in [0.2, 0.25) is 0 Å². The zero-order valence-corrected chi connectivity index (χ0v) is 19.0. The normalized spacial score (nSPS) is 11.3. The van der Waals surface area contributed by atoms with Crippen LogP contribution in [0.4, 0.5) is 0 Å². The van der Waals surface area contributed by atoms with Crippen molar-refractivity contribution >= 4 is 35.0 Å². The summed E-state index contributed by atoms with van der Waals surface area (Å²) in [5.74, 6) is -0.274. The van der Waals surface area contributed by atoms with E-state index >= 15 is 0 Å². The molecule has 0 bridgehead atoms. The highest BCUT2D eigenvalue weighted by atomic mass is 35.5. The van der Waals surface area contributed by atoms with Crippen molar-refractivity contribution in [3.8, 4) is 5.75 Å². The first-order chi connectivity index (χ1) is 16.0. The van der Waals surface area contributed by atoms with Gasteiger partial charge in [0.1, 0.15) is 17.9 Å². The number of benzene rings is 3. The number of carbonyl (C=O) groups is 2. The van der Waals surface area contributed by atoms with Crippen molar-refractivity contribution in [2.24, 2.45) is 0 Å². The van der Waals surface area contributed by atoms with Gasteiger partial charge >= 0.3 is 5.97 Å². The molecule has 0 aliphatic heterocycles. The van der Waals surface area contributed by atoms with Crippen LogP contribution in [0, 0.1) is 0 Å². The quantitative estimate of drug-likeness (QED) is 0.169. The van der Waals surface area contributed by atoms with Gasteiger partial charge in [-0.05, 0) is 47.0 Å². The van der Waals surface area contributed by atoms with Crippen LogP contribution >= 0.6 is 11.6 Å². The third kappa shape index (κ3) is 6.34. The van der Waals surface area contributed by atoms with Crippen LogP contribution in [0.3, 0.4) is 0 Å². The second-order valence-corrected chi connectivity index (χ2v) is 7.39. The SMILES string of the molecule is CO/C=C(/C(=O)OC)c1ccccc1COc1ccccc1C(=O)/C=C/c1ccc(Cl)cc1. The minimum atomic E-state index is -0.521. The van der Waals surface area contributed by atoms with Crippen LogP contribution in [0.1, 0.15) is 27.0 Å². The molecule has 0 fully saturated rings. The molecule has 0 radical (unpaired) electrons. The number of allylic oxidation sites excluding steroid dienone is 1. The highest BCUT2D eigenvalue weighted by molar-refractivity contribution is 6.30. The summed E-state index contributed by atoms with van der Waals surface area (Å²) in [7, 11) is 2.77. The number of ketones is 1. The third-order valence-corrected chi connectivity index (χ3v) is 5.03. The summed E-state index contributed by atoms with van der Waals surface area (Å²) < 4.78 is 15.9. The highest BCUT2D eigenvalue weighted by Gasteiger charge is 2.17. The summed E-state index contributed by atoms with van der Waals surface area (Å²) in [5, 5.41) is 0.633. The lowest BCUT2D eigenvalue weighted by molar-refractivity contribution is -0.133. The molecule has 3 rings (SSSR count). The zero-order chi connectivity index (χ0) is 23.6. The van der Waals surface area contributed by atoms with Gasteiger partial charge in [0.15, 0.2) is 5.78 Å². The number of carbonyl (C=O) groups excluding carboxylic acids is 2.